The number of hydrogen-bond acceptors (Lipinski definition) is 3. The van der Waals surface area contributed by atoms with E-state index in [2.05, 4.69) is 4.98 Å². The smallest absolute Gasteiger partial charge is 0.261 e. The average molecular weight is 294 g/mol. The van der Waals surface area contributed by atoms with Crippen LogP contribution in [0.5, 0.6) is 0 Å². The van der Waals surface area contributed by atoms with E-state index in [9.17, 15) is 9.59 Å². The van der Waals surface area contributed by atoms with Crippen molar-refractivity contribution in [2.24, 2.45) is 0 Å². The van der Waals surface area contributed by atoms with E-state index in [1.165, 1.54) is 9.47 Å². The molecule has 106 valence electrons. The maximum atomic E-state index is 12.4. The summed E-state index contributed by atoms with van der Waals surface area (Å²) < 4.78 is 1.48. The Morgan fingerprint density at radius 1 is 1.35 bits per heavy atom. The van der Waals surface area contributed by atoms with Crippen LogP contribution < -0.4 is 5.56 Å². The molecule has 6 heteroatoms. The molecule has 1 aromatic carbocycles. The molecule has 2 rings (SSSR count). The zero-order chi connectivity index (χ0) is 14.7. The lowest BCUT2D eigenvalue weighted by Gasteiger charge is -2.14. The van der Waals surface area contributed by atoms with Crippen molar-refractivity contribution in [3.63, 3.8) is 0 Å². The highest BCUT2D eigenvalue weighted by Gasteiger charge is 2.12. The van der Waals surface area contributed by atoms with Gasteiger partial charge in [-0.1, -0.05) is 12.1 Å². The highest BCUT2D eigenvalue weighted by Crippen LogP contribution is 2.10. The fraction of sp³-hybridized carbons (Fsp3) is 0.357. The molecule has 2 aromatic rings. The summed E-state index contributed by atoms with van der Waals surface area (Å²) >= 11 is 5.86. The molecule has 0 unspecified atom stereocenters. The lowest BCUT2D eigenvalue weighted by molar-refractivity contribution is -0.128. The molecule has 5 nitrogen and oxygen atoms in total. The Labute approximate surface area is 121 Å². The van der Waals surface area contributed by atoms with Gasteiger partial charge in [0.1, 0.15) is 5.82 Å². The number of alkyl halides is 1. The van der Waals surface area contributed by atoms with Crippen LogP contribution in [0.2, 0.25) is 0 Å². The second kappa shape index (κ2) is 6.05. The summed E-state index contributed by atoms with van der Waals surface area (Å²) in [5, 5.41) is 0.540. The minimum atomic E-state index is -0.155. The van der Waals surface area contributed by atoms with Gasteiger partial charge in [0.05, 0.1) is 16.8 Å². The molecule has 0 atom stereocenters. The summed E-state index contributed by atoms with van der Waals surface area (Å²) in [4.78, 5) is 30.0. The lowest BCUT2D eigenvalue weighted by Crippen LogP contribution is -2.29. The number of benzene rings is 1. The third-order valence-electron chi connectivity index (χ3n) is 3.11. The maximum absolute atomic E-state index is 12.4. The van der Waals surface area contributed by atoms with Crippen LogP contribution in [0.3, 0.4) is 0 Å². The van der Waals surface area contributed by atoms with Crippen LogP contribution in [-0.2, 0) is 17.2 Å². The van der Waals surface area contributed by atoms with Gasteiger partial charge in [-0.25, -0.2) is 4.98 Å². The molecule has 0 aliphatic heterocycles. The summed E-state index contributed by atoms with van der Waals surface area (Å²) in [7, 11) is 3.37. The van der Waals surface area contributed by atoms with Gasteiger partial charge < -0.3 is 4.90 Å². The minimum absolute atomic E-state index is 0.0365. The van der Waals surface area contributed by atoms with Gasteiger partial charge in [0.15, 0.2) is 0 Å². The number of amides is 1. The van der Waals surface area contributed by atoms with E-state index in [1.54, 1.807) is 32.3 Å². The van der Waals surface area contributed by atoms with Gasteiger partial charge in [0, 0.05) is 27.1 Å². The van der Waals surface area contributed by atoms with Crippen molar-refractivity contribution in [3.05, 3.63) is 40.4 Å². The van der Waals surface area contributed by atoms with Crippen molar-refractivity contribution < 1.29 is 4.79 Å². The fourth-order valence-electron chi connectivity index (χ4n) is 1.98. The largest absolute Gasteiger partial charge is 0.349 e. The molecular weight excluding hydrogens is 278 g/mol. The first kappa shape index (κ1) is 14.5. The summed E-state index contributed by atoms with van der Waals surface area (Å²) in [6.07, 6.45) is 0.247. The predicted octanol–water partition coefficient (Wildman–Crippen LogP) is 1.61. The first-order valence-corrected chi connectivity index (χ1v) is 6.82. The van der Waals surface area contributed by atoms with Crippen LogP contribution in [0.25, 0.3) is 10.9 Å². The Morgan fingerprint density at radius 3 is 2.70 bits per heavy atom. The topological polar surface area (TPSA) is 55.2 Å². The highest BCUT2D eigenvalue weighted by molar-refractivity contribution is 6.16. The van der Waals surface area contributed by atoms with Gasteiger partial charge in [-0.05, 0) is 12.1 Å². The van der Waals surface area contributed by atoms with Crippen molar-refractivity contribution >= 4 is 28.4 Å². The van der Waals surface area contributed by atoms with Crippen LogP contribution in [0.4, 0.5) is 0 Å². The van der Waals surface area contributed by atoms with Crippen LogP contribution in [0.1, 0.15) is 12.2 Å². The summed E-state index contributed by atoms with van der Waals surface area (Å²) in [6.45, 7) is 0.287. The van der Waals surface area contributed by atoms with E-state index in [4.69, 9.17) is 11.6 Å². The van der Waals surface area contributed by atoms with Gasteiger partial charge in [0.25, 0.3) is 5.56 Å². The number of halogens is 1. The molecule has 0 saturated heterocycles. The fourth-order valence-corrected chi connectivity index (χ4v) is 2.18. The number of aromatic nitrogens is 2. The van der Waals surface area contributed by atoms with Crippen molar-refractivity contribution in [2.75, 3.05) is 14.1 Å². The zero-order valence-corrected chi connectivity index (χ0v) is 12.2. The SMILES string of the molecule is CN(C)C(=O)CCn1c(CCl)nc2ccccc2c1=O. The van der Waals surface area contributed by atoms with Gasteiger partial charge in [-0.2, -0.15) is 0 Å². The molecule has 0 N–H and O–H groups in total. The van der Waals surface area contributed by atoms with Crippen LogP contribution in [0, 0.1) is 0 Å². The van der Waals surface area contributed by atoms with Gasteiger partial charge in [0.2, 0.25) is 5.91 Å². The third-order valence-corrected chi connectivity index (χ3v) is 3.35. The van der Waals surface area contributed by atoms with E-state index in [1.807, 2.05) is 6.07 Å². The molecule has 1 amide bonds. The minimum Gasteiger partial charge on any atom is -0.349 e. The standard InChI is InChI=1S/C14H16ClN3O2/c1-17(2)13(19)7-8-18-12(9-15)16-11-6-4-3-5-10(11)14(18)20/h3-6H,7-9H2,1-2H3. The maximum Gasteiger partial charge on any atom is 0.261 e. The molecule has 1 aromatic heterocycles. The Balaban J connectivity index is 2.43. The third kappa shape index (κ3) is 2.82. The Kier molecular flexibility index (Phi) is 4.39. The summed E-state index contributed by atoms with van der Waals surface area (Å²) in [6, 6.07) is 7.13. The molecule has 0 fully saturated rings. The summed E-state index contributed by atoms with van der Waals surface area (Å²) in [5.74, 6) is 0.587. The second-order valence-electron chi connectivity index (χ2n) is 4.67. The first-order valence-electron chi connectivity index (χ1n) is 6.29. The van der Waals surface area contributed by atoms with E-state index < -0.39 is 0 Å². The Hall–Kier alpha value is -1.88. The van der Waals surface area contributed by atoms with E-state index in [0.717, 1.165) is 0 Å². The molecule has 0 aliphatic rings. The lowest BCUT2D eigenvalue weighted by atomic mass is 10.2. The van der Waals surface area contributed by atoms with E-state index in [-0.39, 0.29) is 30.3 Å². The van der Waals surface area contributed by atoms with Gasteiger partial charge in [-0.15, -0.1) is 11.6 Å². The van der Waals surface area contributed by atoms with E-state index in [0.29, 0.717) is 16.7 Å². The number of para-hydroxylation sites is 1. The van der Waals surface area contributed by atoms with Crippen LogP contribution >= 0.6 is 11.6 Å². The number of carbonyl (C=O) groups excluding carboxylic acids is 1. The predicted molar refractivity (Wildman–Crippen MR) is 78.9 cm³/mol. The Morgan fingerprint density at radius 2 is 2.05 bits per heavy atom. The molecule has 0 saturated carbocycles. The number of carbonyl (C=O) groups is 1. The van der Waals surface area contributed by atoms with Crippen LogP contribution in [-0.4, -0.2) is 34.5 Å². The van der Waals surface area contributed by atoms with Crippen molar-refractivity contribution in [3.8, 4) is 0 Å². The summed E-state index contributed by atoms with van der Waals surface area (Å²) in [5.41, 5.74) is 0.473. The van der Waals surface area contributed by atoms with Crippen LogP contribution in [0.15, 0.2) is 29.1 Å². The molecule has 20 heavy (non-hydrogen) atoms. The number of fused-ring (bicyclic) bond motifs is 1. The molecule has 0 bridgehead atoms. The Bertz CT molecular complexity index is 694. The normalized spacial score (nSPS) is 10.8. The quantitative estimate of drug-likeness (QED) is 0.805. The zero-order valence-electron chi connectivity index (χ0n) is 11.5. The average Bonchev–Trinajstić information content (AvgIpc) is 2.45. The monoisotopic (exact) mass is 293 g/mol. The number of hydrogen-bond donors (Lipinski definition) is 0. The second-order valence-corrected chi connectivity index (χ2v) is 4.94. The highest BCUT2D eigenvalue weighted by atomic mass is 35.5. The first-order chi connectivity index (χ1) is 9.54. The number of nitrogens with zero attached hydrogens (tertiary/aromatic N) is 3. The number of rotatable bonds is 4. The van der Waals surface area contributed by atoms with Crippen molar-refractivity contribution in [2.45, 2.75) is 18.8 Å². The molecule has 1 heterocycles. The molecule has 0 aliphatic carbocycles. The van der Waals surface area contributed by atoms with Crippen molar-refractivity contribution in [1.29, 1.82) is 0 Å². The van der Waals surface area contributed by atoms with Gasteiger partial charge >= 0.3 is 0 Å². The molecular formula is C14H16ClN3O2. The molecule has 0 radical (unpaired) electrons. The van der Waals surface area contributed by atoms with E-state index >= 15 is 0 Å². The molecule has 0 spiro atoms. The van der Waals surface area contributed by atoms with Crippen molar-refractivity contribution in [1.82, 2.24) is 14.5 Å². The van der Waals surface area contributed by atoms with Gasteiger partial charge in [-0.3, -0.25) is 14.2 Å².